The highest BCUT2D eigenvalue weighted by Crippen LogP contribution is 2.22. The summed E-state index contributed by atoms with van der Waals surface area (Å²) in [4.78, 5) is 17.5. The number of hydrogen-bond donors (Lipinski definition) is 0. The van der Waals surface area contributed by atoms with E-state index in [9.17, 15) is 4.79 Å². The van der Waals surface area contributed by atoms with Gasteiger partial charge in [0.1, 0.15) is 5.75 Å². The third-order valence-corrected chi connectivity index (χ3v) is 5.10. The van der Waals surface area contributed by atoms with E-state index in [4.69, 9.17) is 11.2 Å². The van der Waals surface area contributed by atoms with E-state index >= 15 is 0 Å². The van der Waals surface area contributed by atoms with Crippen molar-refractivity contribution in [2.45, 2.75) is 26.5 Å². The van der Waals surface area contributed by atoms with Gasteiger partial charge in [0, 0.05) is 10.0 Å². The van der Waals surface area contributed by atoms with Crippen LogP contribution in [0.1, 0.15) is 24.2 Å². The van der Waals surface area contributed by atoms with Crippen molar-refractivity contribution in [2.75, 3.05) is 0 Å². The molecular weight excluding hydrogens is 412 g/mol. The van der Waals surface area contributed by atoms with Gasteiger partial charge in [-0.05, 0) is 56.3 Å². The average Bonchev–Trinajstić information content (AvgIpc) is 2.91. The molecule has 1 heterocycles. The number of ether oxygens (including phenoxy) is 1. The van der Waals surface area contributed by atoms with Crippen molar-refractivity contribution in [3.8, 4) is 18.1 Å². The van der Waals surface area contributed by atoms with Gasteiger partial charge in [0.25, 0.3) is 5.91 Å². The Bertz CT molecular complexity index is 1060. The third kappa shape index (κ3) is 4.06. The van der Waals surface area contributed by atoms with Crippen LogP contribution in [-0.2, 0) is 6.54 Å². The number of rotatable bonds is 4. The number of amides is 1. The van der Waals surface area contributed by atoms with E-state index in [2.05, 4.69) is 26.8 Å². The van der Waals surface area contributed by atoms with Gasteiger partial charge >= 0.3 is 0 Å². The predicted octanol–water partition coefficient (Wildman–Crippen LogP) is 4.63. The smallest absolute Gasteiger partial charge is 0.279 e. The molecule has 0 saturated heterocycles. The number of fused-ring (bicyclic) bond motifs is 1. The summed E-state index contributed by atoms with van der Waals surface area (Å²) in [5.74, 6) is 3.05. The molecule has 0 spiro atoms. The molecule has 1 amide bonds. The number of terminal acetylenes is 1. The number of carbonyl (C=O) groups is 1. The standard InChI is InChI=1S/C20H17BrN2O2S/c1-4-11-23-17-10-7-15(21)12-18(17)26-20(23)22-19(24)14-5-8-16(9-6-14)25-13(2)3/h1,5-10,12-13H,11H2,2-3H3. The zero-order valence-electron chi connectivity index (χ0n) is 14.4. The topological polar surface area (TPSA) is 43.6 Å². The molecule has 0 bridgehead atoms. The van der Waals surface area contributed by atoms with Crippen LogP contribution in [0.4, 0.5) is 0 Å². The summed E-state index contributed by atoms with van der Waals surface area (Å²) in [7, 11) is 0. The molecule has 3 rings (SSSR count). The second kappa shape index (κ2) is 7.90. The maximum Gasteiger partial charge on any atom is 0.279 e. The SMILES string of the molecule is C#CCn1c(=NC(=O)c2ccc(OC(C)C)cc2)sc2cc(Br)ccc21. The minimum Gasteiger partial charge on any atom is -0.491 e. The van der Waals surface area contributed by atoms with E-state index in [0.29, 0.717) is 16.9 Å². The Hall–Kier alpha value is -2.36. The first kappa shape index (κ1) is 18.4. The molecule has 6 heteroatoms. The van der Waals surface area contributed by atoms with Gasteiger partial charge in [-0.15, -0.1) is 6.42 Å². The molecule has 0 aliphatic heterocycles. The summed E-state index contributed by atoms with van der Waals surface area (Å²) in [6, 6.07) is 12.9. The van der Waals surface area contributed by atoms with Gasteiger partial charge in [-0.25, -0.2) is 0 Å². The normalized spacial score (nSPS) is 11.7. The second-order valence-corrected chi connectivity index (χ2v) is 7.82. The Morgan fingerprint density at radius 3 is 2.69 bits per heavy atom. The molecule has 2 aromatic carbocycles. The van der Waals surface area contributed by atoms with Crippen LogP contribution in [0, 0.1) is 12.3 Å². The molecular formula is C20H17BrN2O2S. The molecule has 0 aliphatic carbocycles. The summed E-state index contributed by atoms with van der Waals surface area (Å²) in [5, 5.41) is 0. The highest BCUT2D eigenvalue weighted by atomic mass is 79.9. The molecule has 0 atom stereocenters. The van der Waals surface area contributed by atoms with Gasteiger partial charge in [0.05, 0.1) is 22.9 Å². The molecule has 3 aromatic rings. The van der Waals surface area contributed by atoms with Crippen molar-refractivity contribution in [2.24, 2.45) is 4.99 Å². The van der Waals surface area contributed by atoms with Crippen LogP contribution in [0.2, 0.25) is 0 Å². The number of halogens is 1. The van der Waals surface area contributed by atoms with Gasteiger partial charge in [0.15, 0.2) is 4.80 Å². The minimum atomic E-state index is -0.308. The average molecular weight is 429 g/mol. The summed E-state index contributed by atoms with van der Waals surface area (Å²) >= 11 is 4.90. The number of carbonyl (C=O) groups excluding carboxylic acids is 1. The number of aromatic nitrogens is 1. The molecule has 0 radical (unpaired) electrons. The third-order valence-electron chi connectivity index (χ3n) is 3.56. The number of hydrogen-bond acceptors (Lipinski definition) is 3. The van der Waals surface area contributed by atoms with Gasteiger partial charge < -0.3 is 9.30 Å². The molecule has 132 valence electrons. The zero-order chi connectivity index (χ0) is 18.7. The maximum absolute atomic E-state index is 12.6. The van der Waals surface area contributed by atoms with Crippen LogP contribution >= 0.6 is 27.3 Å². The summed E-state index contributed by atoms with van der Waals surface area (Å²) in [5.41, 5.74) is 1.47. The summed E-state index contributed by atoms with van der Waals surface area (Å²) in [6.45, 7) is 4.27. The summed E-state index contributed by atoms with van der Waals surface area (Å²) in [6.07, 6.45) is 5.58. The molecule has 0 fully saturated rings. The van der Waals surface area contributed by atoms with Gasteiger partial charge in [-0.2, -0.15) is 4.99 Å². The van der Waals surface area contributed by atoms with E-state index in [1.807, 2.05) is 36.6 Å². The fourth-order valence-electron chi connectivity index (χ4n) is 2.48. The maximum atomic E-state index is 12.6. The van der Waals surface area contributed by atoms with Gasteiger partial charge in [-0.3, -0.25) is 4.79 Å². The zero-order valence-corrected chi connectivity index (χ0v) is 16.8. The Morgan fingerprint density at radius 1 is 1.31 bits per heavy atom. The Morgan fingerprint density at radius 2 is 2.04 bits per heavy atom. The highest BCUT2D eigenvalue weighted by molar-refractivity contribution is 9.10. The monoisotopic (exact) mass is 428 g/mol. The van der Waals surface area contributed by atoms with Gasteiger partial charge in [0.2, 0.25) is 0 Å². The van der Waals surface area contributed by atoms with E-state index < -0.39 is 0 Å². The quantitative estimate of drug-likeness (QED) is 0.568. The fraction of sp³-hybridized carbons (Fsp3) is 0.200. The minimum absolute atomic E-state index is 0.0850. The van der Waals surface area contributed by atoms with Crippen molar-refractivity contribution in [1.82, 2.24) is 4.57 Å². The van der Waals surface area contributed by atoms with Crippen LogP contribution in [0.3, 0.4) is 0 Å². The predicted molar refractivity (Wildman–Crippen MR) is 108 cm³/mol. The van der Waals surface area contributed by atoms with E-state index in [1.54, 1.807) is 24.3 Å². The van der Waals surface area contributed by atoms with E-state index in [-0.39, 0.29) is 12.0 Å². The Kier molecular flexibility index (Phi) is 5.60. The van der Waals surface area contributed by atoms with E-state index in [0.717, 1.165) is 20.4 Å². The van der Waals surface area contributed by atoms with Crippen LogP contribution in [0.25, 0.3) is 10.2 Å². The molecule has 0 N–H and O–H groups in total. The van der Waals surface area contributed by atoms with Crippen molar-refractivity contribution < 1.29 is 9.53 Å². The lowest BCUT2D eigenvalue weighted by Gasteiger charge is -2.09. The van der Waals surface area contributed by atoms with Crippen molar-refractivity contribution in [1.29, 1.82) is 0 Å². The van der Waals surface area contributed by atoms with Crippen LogP contribution < -0.4 is 9.54 Å². The summed E-state index contributed by atoms with van der Waals surface area (Å²) < 4.78 is 9.46. The van der Waals surface area contributed by atoms with Crippen LogP contribution in [0.5, 0.6) is 5.75 Å². The number of thiazole rings is 1. The largest absolute Gasteiger partial charge is 0.491 e. The molecule has 0 unspecified atom stereocenters. The highest BCUT2D eigenvalue weighted by Gasteiger charge is 2.10. The Labute approximate surface area is 164 Å². The first-order valence-electron chi connectivity index (χ1n) is 8.06. The van der Waals surface area contributed by atoms with Crippen molar-refractivity contribution in [3.63, 3.8) is 0 Å². The lowest BCUT2D eigenvalue weighted by atomic mass is 10.2. The molecule has 4 nitrogen and oxygen atoms in total. The van der Waals surface area contributed by atoms with Crippen molar-refractivity contribution in [3.05, 3.63) is 57.3 Å². The molecule has 1 aromatic heterocycles. The van der Waals surface area contributed by atoms with E-state index in [1.165, 1.54) is 11.3 Å². The Balaban J connectivity index is 1.99. The van der Waals surface area contributed by atoms with Crippen LogP contribution in [-0.4, -0.2) is 16.6 Å². The van der Waals surface area contributed by atoms with Crippen LogP contribution in [0.15, 0.2) is 51.9 Å². The lowest BCUT2D eigenvalue weighted by molar-refractivity contribution is 0.0998. The van der Waals surface area contributed by atoms with Crippen molar-refractivity contribution >= 4 is 43.4 Å². The number of nitrogens with zero attached hydrogens (tertiary/aromatic N) is 2. The lowest BCUT2D eigenvalue weighted by Crippen LogP contribution is -2.16. The molecule has 26 heavy (non-hydrogen) atoms. The molecule has 0 saturated carbocycles. The first-order chi connectivity index (χ1) is 12.5. The fourth-order valence-corrected chi connectivity index (χ4v) is 4.06. The second-order valence-electron chi connectivity index (χ2n) is 5.89. The first-order valence-corrected chi connectivity index (χ1v) is 9.67. The molecule has 0 aliphatic rings. The number of benzene rings is 2. The van der Waals surface area contributed by atoms with Gasteiger partial charge in [-0.1, -0.05) is 33.2 Å².